The molecule has 1 heterocycles. The van der Waals surface area contributed by atoms with E-state index in [2.05, 4.69) is 28.1 Å². The van der Waals surface area contributed by atoms with Crippen LogP contribution in [0.25, 0.3) is 11.0 Å². The fourth-order valence-electron chi connectivity index (χ4n) is 4.18. The first-order valence-corrected chi connectivity index (χ1v) is 12.7. The maximum Gasteiger partial charge on any atom is 0.251 e. The van der Waals surface area contributed by atoms with Crippen LogP contribution in [-0.2, 0) is 13.0 Å². The van der Waals surface area contributed by atoms with E-state index in [1.807, 2.05) is 61.5 Å². The lowest BCUT2D eigenvalue weighted by Crippen LogP contribution is -2.24. The second kappa shape index (κ2) is 12.4. The summed E-state index contributed by atoms with van der Waals surface area (Å²) in [6, 6.07) is 23.4. The molecule has 4 rings (SSSR count). The number of aryl methyl sites for hydroxylation is 3. The minimum Gasteiger partial charge on any atom is -0.494 e. The quantitative estimate of drug-likeness (QED) is 0.228. The van der Waals surface area contributed by atoms with Crippen molar-refractivity contribution in [2.45, 2.75) is 45.6 Å². The van der Waals surface area contributed by atoms with Gasteiger partial charge in [-0.05, 0) is 74.7 Å². The van der Waals surface area contributed by atoms with Crippen molar-refractivity contribution in [2.75, 3.05) is 13.2 Å². The predicted octanol–water partition coefficient (Wildman–Crippen LogP) is 6.61. The summed E-state index contributed by atoms with van der Waals surface area (Å²) in [6.45, 7) is 4.17. The SMILES string of the molecule is Cc1cccc(C(=O)NCCCCCc2nc3ccccc3n2CCCOc2ccc(Cl)cc2)c1. The number of hydrogen-bond acceptors (Lipinski definition) is 3. The minimum atomic E-state index is -0.00341. The lowest BCUT2D eigenvalue weighted by molar-refractivity contribution is 0.0953. The smallest absolute Gasteiger partial charge is 0.251 e. The number of carbonyl (C=O) groups is 1. The number of rotatable bonds is 12. The summed E-state index contributed by atoms with van der Waals surface area (Å²) in [5.74, 6) is 1.94. The average Bonchev–Trinajstić information content (AvgIpc) is 3.22. The molecule has 4 aromatic rings. The molecule has 0 fully saturated rings. The number of ether oxygens (including phenoxy) is 1. The standard InChI is InChI=1S/C29H32ClN3O2/c1-22-9-7-10-23(21-22)29(34)31-18-6-2-3-13-28-32-26-11-4-5-12-27(26)33(28)19-8-20-35-25-16-14-24(30)15-17-25/h4-5,7,9-12,14-17,21H,2-3,6,8,13,18-20H2,1H3,(H,31,34). The van der Waals surface area contributed by atoms with Crippen LogP contribution in [-0.4, -0.2) is 28.6 Å². The largest absolute Gasteiger partial charge is 0.494 e. The molecule has 1 aromatic heterocycles. The van der Waals surface area contributed by atoms with Crippen LogP contribution in [0, 0.1) is 6.92 Å². The van der Waals surface area contributed by atoms with Crippen molar-refractivity contribution in [3.05, 3.63) is 94.8 Å². The van der Waals surface area contributed by atoms with Crippen molar-refractivity contribution in [3.8, 4) is 5.75 Å². The Morgan fingerprint density at radius 2 is 1.80 bits per heavy atom. The van der Waals surface area contributed by atoms with Gasteiger partial charge < -0.3 is 14.6 Å². The highest BCUT2D eigenvalue weighted by Crippen LogP contribution is 2.19. The molecular formula is C29H32ClN3O2. The number of carbonyl (C=O) groups excluding carboxylic acids is 1. The van der Waals surface area contributed by atoms with Crippen LogP contribution in [0.1, 0.15) is 47.4 Å². The van der Waals surface area contributed by atoms with Crippen molar-refractivity contribution in [3.63, 3.8) is 0 Å². The molecule has 0 spiro atoms. The van der Waals surface area contributed by atoms with Crippen molar-refractivity contribution >= 4 is 28.5 Å². The van der Waals surface area contributed by atoms with E-state index in [9.17, 15) is 4.79 Å². The van der Waals surface area contributed by atoms with Gasteiger partial charge in [0.25, 0.3) is 5.91 Å². The molecule has 0 atom stereocenters. The molecule has 0 saturated carbocycles. The third kappa shape index (κ3) is 7.09. The van der Waals surface area contributed by atoms with Gasteiger partial charge in [0.1, 0.15) is 11.6 Å². The summed E-state index contributed by atoms with van der Waals surface area (Å²) in [5, 5.41) is 3.74. The van der Waals surface area contributed by atoms with Gasteiger partial charge in [0.05, 0.1) is 17.6 Å². The zero-order valence-electron chi connectivity index (χ0n) is 20.2. The Bertz CT molecular complexity index is 1250. The van der Waals surface area contributed by atoms with Gasteiger partial charge >= 0.3 is 0 Å². The number of benzene rings is 3. The summed E-state index contributed by atoms with van der Waals surface area (Å²) in [6.07, 6.45) is 4.83. The molecule has 35 heavy (non-hydrogen) atoms. The van der Waals surface area contributed by atoms with E-state index in [0.29, 0.717) is 18.2 Å². The summed E-state index contributed by atoms with van der Waals surface area (Å²) < 4.78 is 8.19. The molecule has 0 aliphatic heterocycles. The van der Waals surface area contributed by atoms with E-state index < -0.39 is 0 Å². The van der Waals surface area contributed by atoms with Crippen molar-refractivity contribution < 1.29 is 9.53 Å². The van der Waals surface area contributed by atoms with Gasteiger partial charge in [-0.1, -0.05) is 47.9 Å². The predicted molar refractivity (Wildman–Crippen MR) is 142 cm³/mol. The minimum absolute atomic E-state index is 0.00341. The number of para-hydroxylation sites is 2. The van der Waals surface area contributed by atoms with Gasteiger partial charge in [-0.2, -0.15) is 0 Å². The zero-order valence-corrected chi connectivity index (χ0v) is 20.9. The fourth-order valence-corrected chi connectivity index (χ4v) is 4.31. The topological polar surface area (TPSA) is 56.2 Å². The number of fused-ring (bicyclic) bond motifs is 1. The highest BCUT2D eigenvalue weighted by molar-refractivity contribution is 6.30. The van der Waals surface area contributed by atoms with E-state index in [-0.39, 0.29) is 5.91 Å². The number of hydrogen-bond donors (Lipinski definition) is 1. The first-order valence-electron chi connectivity index (χ1n) is 12.3. The van der Waals surface area contributed by atoms with Gasteiger partial charge in [0.2, 0.25) is 0 Å². The number of aromatic nitrogens is 2. The second-order valence-electron chi connectivity index (χ2n) is 8.76. The van der Waals surface area contributed by atoms with Gasteiger partial charge in [-0.15, -0.1) is 0 Å². The molecule has 0 radical (unpaired) electrons. The first-order chi connectivity index (χ1) is 17.1. The van der Waals surface area contributed by atoms with Gasteiger partial charge in [-0.3, -0.25) is 4.79 Å². The average molecular weight is 490 g/mol. The molecule has 3 aromatic carbocycles. The summed E-state index contributed by atoms with van der Waals surface area (Å²) in [7, 11) is 0. The van der Waals surface area contributed by atoms with E-state index in [4.69, 9.17) is 21.3 Å². The second-order valence-corrected chi connectivity index (χ2v) is 9.20. The highest BCUT2D eigenvalue weighted by atomic mass is 35.5. The molecule has 0 bridgehead atoms. The van der Waals surface area contributed by atoms with E-state index in [0.717, 1.165) is 66.9 Å². The van der Waals surface area contributed by atoms with Crippen molar-refractivity contribution in [2.24, 2.45) is 0 Å². The van der Waals surface area contributed by atoms with Crippen LogP contribution in [0.3, 0.4) is 0 Å². The Labute approximate surface area is 212 Å². The molecule has 5 nitrogen and oxygen atoms in total. The zero-order chi connectivity index (χ0) is 24.5. The number of imidazole rings is 1. The third-order valence-electron chi connectivity index (χ3n) is 5.99. The number of nitrogens with one attached hydrogen (secondary N) is 1. The van der Waals surface area contributed by atoms with Crippen LogP contribution >= 0.6 is 11.6 Å². The monoisotopic (exact) mass is 489 g/mol. The van der Waals surface area contributed by atoms with Crippen LogP contribution in [0.4, 0.5) is 0 Å². The molecule has 0 saturated heterocycles. The Kier molecular flexibility index (Phi) is 8.79. The van der Waals surface area contributed by atoms with Crippen molar-refractivity contribution in [1.82, 2.24) is 14.9 Å². The highest BCUT2D eigenvalue weighted by Gasteiger charge is 2.10. The molecule has 182 valence electrons. The summed E-state index contributed by atoms with van der Waals surface area (Å²) >= 11 is 5.94. The number of unbranched alkanes of at least 4 members (excludes halogenated alkanes) is 2. The molecular weight excluding hydrogens is 458 g/mol. The molecule has 0 aliphatic carbocycles. The summed E-state index contributed by atoms with van der Waals surface area (Å²) in [4.78, 5) is 17.2. The van der Waals surface area contributed by atoms with E-state index in [1.54, 1.807) is 0 Å². The van der Waals surface area contributed by atoms with E-state index in [1.165, 1.54) is 5.52 Å². The van der Waals surface area contributed by atoms with Gasteiger partial charge in [0, 0.05) is 30.1 Å². The number of amides is 1. The Balaban J connectivity index is 1.24. The van der Waals surface area contributed by atoms with Gasteiger partial charge in [-0.25, -0.2) is 4.98 Å². The lowest BCUT2D eigenvalue weighted by atomic mass is 10.1. The van der Waals surface area contributed by atoms with Crippen LogP contribution < -0.4 is 10.1 Å². The number of halogens is 1. The molecule has 6 heteroatoms. The first kappa shape index (κ1) is 24.8. The molecule has 0 unspecified atom stereocenters. The number of nitrogens with zero attached hydrogens (tertiary/aromatic N) is 2. The van der Waals surface area contributed by atoms with E-state index >= 15 is 0 Å². The molecule has 0 aliphatic rings. The maximum absolute atomic E-state index is 12.3. The van der Waals surface area contributed by atoms with Gasteiger partial charge in [0.15, 0.2) is 0 Å². The fraction of sp³-hybridized carbons (Fsp3) is 0.310. The van der Waals surface area contributed by atoms with Crippen molar-refractivity contribution in [1.29, 1.82) is 0 Å². The van der Waals surface area contributed by atoms with Crippen LogP contribution in [0.15, 0.2) is 72.8 Å². The Hall–Kier alpha value is -3.31. The molecule has 1 amide bonds. The normalized spacial score (nSPS) is 11.0. The third-order valence-corrected chi connectivity index (χ3v) is 6.24. The Morgan fingerprint density at radius 1 is 0.971 bits per heavy atom. The molecule has 1 N–H and O–H groups in total. The Morgan fingerprint density at radius 3 is 2.63 bits per heavy atom. The summed E-state index contributed by atoms with van der Waals surface area (Å²) in [5.41, 5.74) is 4.02. The maximum atomic E-state index is 12.3. The van der Waals surface area contributed by atoms with Crippen LogP contribution in [0.5, 0.6) is 5.75 Å². The van der Waals surface area contributed by atoms with Crippen LogP contribution in [0.2, 0.25) is 5.02 Å². The lowest BCUT2D eigenvalue weighted by Gasteiger charge is -2.11.